The Morgan fingerprint density at radius 2 is 1.82 bits per heavy atom. The van der Waals surface area contributed by atoms with E-state index in [1.807, 2.05) is 0 Å². The zero-order valence-electron chi connectivity index (χ0n) is 11.8. The van der Waals surface area contributed by atoms with Gasteiger partial charge in [-0.2, -0.15) is 13.2 Å². The molecule has 1 aromatic rings. The fourth-order valence-corrected chi connectivity index (χ4v) is 3.04. The Balaban J connectivity index is 2.40. The minimum absolute atomic E-state index is 0.402. The van der Waals surface area contributed by atoms with E-state index < -0.39 is 30.4 Å². The van der Waals surface area contributed by atoms with Crippen molar-refractivity contribution < 1.29 is 17.7 Å². The maximum atomic E-state index is 12.9. The molecular formula is C13H14ClF3N3OP. The summed E-state index contributed by atoms with van der Waals surface area (Å²) in [6.07, 6.45) is -4.85. The highest BCUT2D eigenvalue weighted by Gasteiger charge is 2.40. The number of allylic oxidation sites excluding steroid dienone is 1. The lowest BCUT2D eigenvalue weighted by molar-refractivity contribution is -0.0862. The minimum atomic E-state index is -4.62. The second-order valence-electron chi connectivity index (χ2n) is 5.15. The van der Waals surface area contributed by atoms with Crippen molar-refractivity contribution >= 4 is 34.9 Å². The summed E-state index contributed by atoms with van der Waals surface area (Å²) in [7, 11) is -2.44. The summed E-state index contributed by atoms with van der Waals surface area (Å²) in [4.78, 5) is 4.76. The quantitative estimate of drug-likeness (QED) is 0.833. The molecule has 2 rings (SSSR count). The summed E-state index contributed by atoms with van der Waals surface area (Å²) in [6, 6.07) is 6.30. The maximum Gasteiger partial charge on any atom is 0.420 e. The molecule has 2 N–H and O–H groups in total. The van der Waals surface area contributed by atoms with Gasteiger partial charge in [0.25, 0.3) is 0 Å². The highest BCUT2D eigenvalue weighted by molar-refractivity contribution is 7.70. The van der Waals surface area contributed by atoms with Crippen molar-refractivity contribution in [3.8, 4) is 0 Å². The molecule has 0 amide bonds. The minimum Gasteiger partial charge on any atom is -0.319 e. The van der Waals surface area contributed by atoms with E-state index in [0.29, 0.717) is 11.0 Å². The smallest absolute Gasteiger partial charge is 0.319 e. The molecule has 0 saturated heterocycles. The highest BCUT2D eigenvalue weighted by Crippen LogP contribution is 2.36. The van der Waals surface area contributed by atoms with Gasteiger partial charge in [-0.15, -0.1) is 0 Å². The Hall–Kier alpha value is -1.30. The van der Waals surface area contributed by atoms with Gasteiger partial charge >= 0.3 is 6.18 Å². The first-order valence-corrected chi connectivity index (χ1v) is 9.20. The zero-order chi connectivity index (χ0) is 16.7. The Morgan fingerprint density at radius 3 is 2.27 bits per heavy atom. The lowest BCUT2D eigenvalue weighted by Gasteiger charge is -2.30. The monoisotopic (exact) mass is 351 g/mol. The van der Waals surface area contributed by atoms with Gasteiger partial charge in [0.05, 0.1) is 0 Å². The number of benzene rings is 1. The summed E-state index contributed by atoms with van der Waals surface area (Å²) in [5, 5.41) is -0.0390. The van der Waals surface area contributed by atoms with E-state index in [1.54, 1.807) is 37.6 Å². The van der Waals surface area contributed by atoms with Gasteiger partial charge in [-0.25, -0.2) is 4.99 Å². The van der Waals surface area contributed by atoms with Crippen LogP contribution in [0.15, 0.2) is 41.0 Å². The van der Waals surface area contributed by atoms with Crippen molar-refractivity contribution in [2.45, 2.75) is 12.5 Å². The summed E-state index contributed by atoms with van der Waals surface area (Å²) < 4.78 is 50.6. The molecule has 0 saturated carbocycles. The van der Waals surface area contributed by atoms with Crippen LogP contribution in [-0.4, -0.2) is 31.0 Å². The van der Waals surface area contributed by atoms with E-state index in [0.717, 1.165) is 11.1 Å². The van der Waals surface area contributed by atoms with E-state index >= 15 is 0 Å². The number of alkyl halides is 3. The largest absolute Gasteiger partial charge is 0.420 e. The van der Waals surface area contributed by atoms with Crippen LogP contribution in [0, 0.1) is 0 Å². The Bertz CT molecular complexity index is 679. The van der Waals surface area contributed by atoms with Crippen LogP contribution < -0.4 is 15.9 Å². The van der Waals surface area contributed by atoms with Gasteiger partial charge in [-0.1, -0.05) is 11.6 Å². The fraction of sp³-hybridized carbons (Fsp3) is 0.308. The predicted molar refractivity (Wildman–Crippen MR) is 83.4 cm³/mol. The molecule has 0 aliphatic carbocycles. The van der Waals surface area contributed by atoms with Crippen molar-refractivity contribution in [1.82, 2.24) is 0 Å². The van der Waals surface area contributed by atoms with Crippen molar-refractivity contribution in [2.24, 2.45) is 10.7 Å². The molecule has 1 heterocycles. The van der Waals surface area contributed by atoms with Crippen LogP contribution in [0.4, 0.5) is 18.9 Å². The van der Waals surface area contributed by atoms with Crippen molar-refractivity contribution in [3.63, 3.8) is 0 Å². The van der Waals surface area contributed by atoms with Crippen molar-refractivity contribution in [3.05, 3.63) is 36.0 Å². The second-order valence-corrected chi connectivity index (χ2v) is 8.72. The average molecular weight is 352 g/mol. The summed E-state index contributed by atoms with van der Waals surface area (Å²) in [5.74, 6) is 0. The standard InChI is InChI=1S/C13H14ClF3N3OP/c1-22(2,21)9-5-3-8(4-6-9)20-7-10(13(15,16)17)11(14)19-12(20)18/h3-7,12H,18H2,1-2H3. The Labute approximate surface area is 130 Å². The molecule has 0 radical (unpaired) electrons. The van der Waals surface area contributed by atoms with E-state index in [9.17, 15) is 17.7 Å². The molecule has 22 heavy (non-hydrogen) atoms. The van der Waals surface area contributed by atoms with Gasteiger partial charge in [0.2, 0.25) is 0 Å². The lowest BCUT2D eigenvalue weighted by Crippen LogP contribution is -2.42. The Kier molecular flexibility index (Phi) is 4.44. The molecule has 0 bridgehead atoms. The summed E-state index contributed by atoms with van der Waals surface area (Å²) in [6.45, 7) is 3.22. The lowest BCUT2D eigenvalue weighted by atomic mass is 10.2. The molecule has 9 heteroatoms. The van der Waals surface area contributed by atoms with Crippen LogP contribution in [0.5, 0.6) is 0 Å². The second kappa shape index (κ2) is 5.72. The van der Waals surface area contributed by atoms with Crippen LogP contribution in [0.25, 0.3) is 0 Å². The number of anilines is 1. The highest BCUT2D eigenvalue weighted by atomic mass is 35.5. The molecule has 1 unspecified atom stereocenters. The number of aliphatic imine (C=N–C) groups is 1. The first-order chi connectivity index (χ1) is 10.00. The van der Waals surface area contributed by atoms with Gasteiger partial charge < -0.3 is 9.46 Å². The normalized spacial score (nSPS) is 19.8. The summed E-state index contributed by atoms with van der Waals surface area (Å²) >= 11 is 5.52. The first kappa shape index (κ1) is 17.1. The zero-order valence-corrected chi connectivity index (χ0v) is 13.5. The molecule has 120 valence electrons. The molecule has 4 nitrogen and oxygen atoms in total. The van der Waals surface area contributed by atoms with Crippen molar-refractivity contribution in [2.75, 3.05) is 18.2 Å². The van der Waals surface area contributed by atoms with Crippen molar-refractivity contribution in [1.29, 1.82) is 0 Å². The molecule has 0 fully saturated rings. The number of halogens is 4. The third-order valence-corrected chi connectivity index (χ3v) is 4.94. The molecular weight excluding hydrogens is 338 g/mol. The fourth-order valence-electron chi connectivity index (χ4n) is 1.92. The van der Waals surface area contributed by atoms with Gasteiger partial charge in [-0.05, 0) is 37.6 Å². The number of nitrogens with zero attached hydrogens (tertiary/aromatic N) is 2. The van der Waals surface area contributed by atoms with Crippen LogP contribution in [0.3, 0.4) is 0 Å². The molecule has 1 aromatic carbocycles. The van der Waals surface area contributed by atoms with E-state index in [2.05, 4.69) is 4.99 Å². The number of hydrogen-bond donors (Lipinski definition) is 1. The number of nitrogens with two attached hydrogens (primary N) is 1. The third kappa shape index (κ3) is 3.54. The van der Waals surface area contributed by atoms with Crippen LogP contribution >= 0.6 is 18.7 Å². The van der Waals surface area contributed by atoms with Gasteiger partial charge in [-0.3, -0.25) is 5.73 Å². The number of rotatable bonds is 2. The van der Waals surface area contributed by atoms with Crippen LogP contribution in [-0.2, 0) is 4.57 Å². The maximum absolute atomic E-state index is 12.9. The summed E-state index contributed by atoms with van der Waals surface area (Å²) in [5.41, 5.74) is 5.06. The van der Waals surface area contributed by atoms with Gasteiger partial charge in [0.1, 0.15) is 17.9 Å². The van der Waals surface area contributed by atoms with E-state index in [-0.39, 0.29) is 0 Å². The topological polar surface area (TPSA) is 58.7 Å². The van der Waals surface area contributed by atoms with E-state index in [4.69, 9.17) is 17.3 Å². The molecule has 1 atom stereocenters. The third-order valence-electron chi connectivity index (χ3n) is 3.10. The molecule has 0 aromatic heterocycles. The SMILES string of the molecule is CP(C)(=O)c1ccc(N2C=C(C(F)(F)F)C(Cl)=NC2N)cc1. The first-order valence-electron chi connectivity index (χ1n) is 6.22. The predicted octanol–water partition coefficient (Wildman–Crippen LogP) is 3.08. The molecule has 1 aliphatic rings. The number of hydrogen-bond acceptors (Lipinski definition) is 4. The van der Waals surface area contributed by atoms with Crippen LogP contribution in [0.2, 0.25) is 0 Å². The average Bonchev–Trinajstić information content (AvgIpc) is 2.36. The molecule has 1 aliphatic heterocycles. The van der Waals surface area contributed by atoms with Gasteiger partial charge in [0.15, 0.2) is 6.29 Å². The van der Waals surface area contributed by atoms with E-state index in [1.165, 1.54) is 0 Å². The Morgan fingerprint density at radius 1 is 1.27 bits per heavy atom. The molecule has 0 spiro atoms. The van der Waals surface area contributed by atoms with Crippen LogP contribution in [0.1, 0.15) is 0 Å². The van der Waals surface area contributed by atoms with Gasteiger partial charge in [0, 0.05) is 17.2 Å².